The number of amides is 1. The van der Waals surface area contributed by atoms with E-state index in [1.807, 2.05) is 30.3 Å². The van der Waals surface area contributed by atoms with Crippen molar-refractivity contribution in [1.29, 1.82) is 0 Å². The van der Waals surface area contributed by atoms with Gasteiger partial charge in [0.1, 0.15) is 5.69 Å². The molecule has 0 radical (unpaired) electrons. The van der Waals surface area contributed by atoms with Crippen LogP contribution < -0.4 is 10.2 Å². The number of benzene rings is 3. The first kappa shape index (κ1) is 27.7. The van der Waals surface area contributed by atoms with Crippen molar-refractivity contribution < 1.29 is 27.7 Å². The molecular formula is C27H28N4O7S. The average Bonchev–Trinajstić information content (AvgIpc) is 2.94. The Balaban J connectivity index is 1.38. The van der Waals surface area contributed by atoms with Gasteiger partial charge in [0.2, 0.25) is 10.0 Å². The van der Waals surface area contributed by atoms with Gasteiger partial charge in [-0.15, -0.1) is 0 Å². The number of para-hydroxylation sites is 1. The minimum Gasteiger partial charge on any atom is -0.452 e. The molecule has 0 bridgehead atoms. The lowest BCUT2D eigenvalue weighted by molar-refractivity contribution is -0.384. The fraction of sp³-hybridized carbons (Fsp3) is 0.259. The maximum absolute atomic E-state index is 13.2. The van der Waals surface area contributed by atoms with E-state index >= 15 is 0 Å². The Bertz CT molecular complexity index is 1500. The normalized spacial score (nSPS) is 14.1. The molecule has 0 aromatic heterocycles. The second-order valence-electron chi connectivity index (χ2n) is 9.09. The third-order valence-electron chi connectivity index (χ3n) is 6.48. The summed E-state index contributed by atoms with van der Waals surface area (Å²) in [7, 11) is -3.86. The number of nitro groups is 1. The van der Waals surface area contributed by atoms with Crippen molar-refractivity contribution in [3.8, 4) is 0 Å². The molecule has 1 N–H and O–H groups in total. The standard InChI is InChI=1S/C27H28N4O7S/c1-19-15-24(25(31(34)35)16-20(19)2)28-26(32)18-38-27(33)21-7-6-10-23(17-21)39(36,37)30-13-11-29(12-14-30)22-8-4-3-5-9-22/h3-10,15-17H,11-14,18H2,1-2H3,(H,28,32). The Hall–Kier alpha value is -4.29. The van der Waals surface area contributed by atoms with Crippen molar-refractivity contribution >= 4 is 39.0 Å². The highest BCUT2D eigenvalue weighted by Crippen LogP contribution is 2.28. The molecule has 0 saturated carbocycles. The molecule has 4 rings (SSSR count). The van der Waals surface area contributed by atoms with Gasteiger partial charge in [0, 0.05) is 37.9 Å². The molecule has 0 unspecified atom stereocenters. The van der Waals surface area contributed by atoms with Gasteiger partial charge in [-0.3, -0.25) is 14.9 Å². The molecular weight excluding hydrogens is 524 g/mol. The molecule has 204 valence electrons. The second kappa shape index (κ2) is 11.6. The van der Waals surface area contributed by atoms with Crippen LogP contribution in [-0.2, 0) is 19.6 Å². The molecule has 39 heavy (non-hydrogen) atoms. The first-order chi connectivity index (χ1) is 18.6. The lowest BCUT2D eigenvalue weighted by Crippen LogP contribution is -2.48. The summed E-state index contributed by atoms with van der Waals surface area (Å²) in [5, 5.41) is 13.7. The van der Waals surface area contributed by atoms with E-state index in [-0.39, 0.29) is 34.9 Å². The summed E-state index contributed by atoms with van der Waals surface area (Å²) in [6, 6.07) is 18.0. The zero-order chi connectivity index (χ0) is 28.2. The number of sulfonamides is 1. The molecule has 0 spiro atoms. The van der Waals surface area contributed by atoms with Gasteiger partial charge in [0.05, 0.1) is 15.4 Å². The topological polar surface area (TPSA) is 139 Å². The molecule has 1 heterocycles. The predicted octanol–water partition coefficient (Wildman–Crippen LogP) is 3.52. The molecule has 1 amide bonds. The lowest BCUT2D eigenvalue weighted by atomic mass is 10.1. The van der Waals surface area contributed by atoms with E-state index < -0.39 is 33.4 Å². The predicted molar refractivity (Wildman–Crippen MR) is 145 cm³/mol. The highest BCUT2D eigenvalue weighted by Gasteiger charge is 2.29. The molecule has 1 saturated heterocycles. The SMILES string of the molecule is Cc1cc(NC(=O)COC(=O)c2cccc(S(=O)(=O)N3CCN(c4ccccc4)CC3)c2)c([N+](=O)[O-])cc1C. The van der Waals surface area contributed by atoms with Crippen molar-refractivity contribution in [2.45, 2.75) is 18.7 Å². The second-order valence-corrected chi connectivity index (χ2v) is 11.0. The van der Waals surface area contributed by atoms with E-state index in [2.05, 4.69) is 10.2 Å². The zero-order valence-electron chi connectivity index (χ0n) is 21.5. The number of ether oxygens (including phenoxy) is 1. The van der Waals surface area contributed by atoms with Gasteiger partial charge in [-0.05, 0) is 61.4 Å². The number of carbonyl (C=O) groups excluding carboxylic acids is 2. The van der Waals surface area contributed by atoms with E-state index in [1.54, 1.807) is 13.8 Å². The number of nitro benzene ring substituents is 1. The van der Waals surface area contributed by atoms with Crippen LogP contribution in [0.25, 0.3) is 0 Å². The first-order valence-electron chi connectivity index (χ1n) is 12.2. The van der Waals surface area contributed by atoms with E-state index in [0.29, 0.717) is 18.7 Å². The van der Waals surface area contributed by atoms with Crippen LogP contribution in [0, 0.1) is 24.0 Å². The summed E-state index contributed by atoms with van der Waals surface area (Å²) in [6.07, 6.45) is 0. The molecule has 11 nitrogen and oxygen atoms in total. The largest absolute Gasteiger partial charge is 0.452 e. The minimum atomic E-state index is -3.86. The monoisotopic (exact) mass is 552 g/mol. The summed E-state index contributed by atoms with van der Waals surface area (Å²) in [6.45, 7) is 4.39. The van der Waals surface area contributed by atoms with Crippen molar-refractivity contribution in [1.82, 2.24) is 4.31 Å². The van der Waals surface area contributed by atoms with Gasteiger partial charge in [-0.2, -0.15) is 4.31 Å². The van der Waals surface area contributed by atoms with E-state index in [0.717, 1.165) is 11.3 Å². The fourth-order valence-corrected chi connectivity index (χ4v) is 5.68. The summed E-state index contributed by atoms with van der Waals surface area (Å²) >= 11 is 0. The third-order valence-corrected chi connectivity index (χ3v) is 8.38. The average molecular weight is 553 g/mol. The van der Waals surface area contributed by atoms with Gasteiger partial charge in [-0.25, -0.2) is 13.2 Å². The summed E-state index contributed by atoms with van der Waals surface area (Å²) in [5.41, 5.74) is 2.13. The molecule has 12 heteroatoms. The Morgan fingerprint density at radius 2 is 1.62 bits per heavy atom. The molecule has 1 fully saturated rings. The Kier molecular flexibility index (Phi) is 8.27. The van der Waals surface area contributed by atoms with Gasteiger partial charge < -0.3 is 15.0 Å². The Morgan fingerprint density at radius 3 is 2.28 bits per heavy atom. The number of hydrogen-bond acceptors (Lipinski definition) is 8. The number of carbonyl (C=O) groups is 2. The summed E-state index contributed by atoms with van der Waals surface area (Å²) in [5.74, 6) is -1.67. The van der Waals surface area contributed by atoms with E-state index in [1.165, 1.54) is 40.7 Å². The fourth-order valence-electron chi connectivity index (χ4n) is 4.21. The van der Waals surface area contributed by atoms with Gasteiger partial charge >= 0.3 is 5.97 Å². The number of hydrogen-bond donors (Lipinski definition) is 1. The zero-order valence-corrected chi connectivity index (χ0v) is 22.3. The Morgan fingerprint density at radius 1 is 0.949 bits per heavy atom. The number of aryl methyl sites for hydroxylation is 2. The van der Waals surface area contributed by atoms with Crippen molar-refractivity contribution in [2.24, 2.45) is 0 Å². The van der Waals surface area contributed by atoms with Gasteiger partial charge in [0.25, 0.3) is 11.6 Å². The van der Waals surface area contributed by atoms with Gasteiger partial charge in [0.15, 0.2) is 6.61 Å². The van der Waals surface area contributed by atoms with Crippen LogP contribution in [0.1, 0.15) is 21.5 Å². The van der Waals surface area contributed by atoms with Crippen LogP contribution in [0.2, 0.25) is 0 Å². The summed E-state index contributed by atoms with van der Waals surface area (Å²) in [4.78, 5) is 37.8. The highest BCUT2D eigenvalue weighted by atomic mass is 32.2. The van der Waals surface area contributed by atoms with Crippen molar-refractivity contribution in [2.75, 3.05) is 43.0 Å². The Labute approximate surface area is 226 Å². The number of nitrogens with zero attached hydrogens (tertiary/aromatic N) is 3. The van der Waals surface area contributed by atoms with Crippen LogP contribution in [0.15, 0.2) is 71.6 Å². The maximum atomic E-state index is 13.2. The van der Waals surface area contributed by atoms with E-state index in [4.69, 9.17) is 4.74 Å². The van der Waals surface area contributed by atoms with Crippen molar-refractivity contribution in [3.63, 3.8) is 0 Å². The molecule has 3 aromatic rings. The molecule has 0 atom stereocenters. The van der Waals surface area contributed by atoms with Crippen LogP contribution in [-0.4, -0.2) is 62.3 Å². The molecule has 0 aliphatic carbocycles. The van der Waals surface area contributed by atoms with Crippen LogP contribution in [0.4, 0.5) is 17.1 Å². The van der Waals surface area contributed by atoms with Crippen LogP contribution >= 0.6 is 0 Å². The van der Waals surface area contributed by atoms with Crippen molar-refractivity contribution in [3.05, 3.63) is 93.5 Å². The highest BCUT2D eigenvalue weighted by molar-refractivity contribution is 7.89. The quantitative estimate of drug-likeness (QED) is 0.254. The molecule has 1 aliphatic rings. The number of nitrogens with one attached hydrogen (secondary N) is 1. The van der Waals surface area contributed by atoms with Crippen LogP contribution in [0.3, 0.4) is 0 Å². The first-order valence-corrected chi connectivity index (χ1v) is 13.6. The smallest absolute Gasteiger partial charge is 0.338 e. The van der Waals surface area contributed by atoms with E-state index in [9.17, 15) is 28.1 Å². The molecule has 3 aromatic carbocycles. The summed E-state index contributed by atoms with van der Waals surface area (Å²) < 4.78 is 32.9. The van der Waals surface area contributed by atoms with Crippen LogP contribution in [0.5, 0.6) is 0 Å². The molecule has 1 aliphatic heterocycles. The number of esters is 1. The number of rotatable bonds is 8. The van der Waals surface area contributed by atoms with Gasteiger partial charge in [-0.1, -0.05) is 24.3 Å². The third kappa shape index (κ3) is 6.41. The number of anilines is 2. The maximum Gasteiger partial charge on any atom is 0.338 e. The lowest BCUT2D eigenvalue weighted by Gasteiger charge is -2.35. The number of piperazine rings is 1. The minimum absolute atomic E-state index is 0.00963.